The normalized spacial score (nSPS) is 17.4. The highest BCUT2D eigenvalue weighted by Crippen LogP contribution is 2.41. The molecule has 3 nitrogen and oxygen atoms in total. The summed E-state index contributed by atoms with van der Waals surface area (Å²) in [5.74, 6) is 0.780. The monoisotopic (exact) mass is 276 g/mol. The molecule has 1 aromatic carbocycles. The second kappa shape index (κ2) is 6.38. The number of benzene rings is 1. The van der Waals surface area contributed by atoms with Crippen molar-refractivity contribution in [2.24, 2.45) is 5.41 Å². The molecule has 112 valence electrons. The van der Waals surface area contributed by atoms with E-state index in [0.717, 1.165) is 18.0 Å². The maximum absolute atomic E-state index is 5.96. The Kier molecular flexibility index (Phi) is 4.79. The lowest BCUT2D eigenvalue weighted by molar-refractivity contribution is 0.244. The summed E-state index contributed by atoms with van der Waals surface area (Å²) < 4.78 is 5.74. The molecule has 20 heavy (non-hydrogen) atoms. The molecular formula is C17H28N2O. The van der Waals surface area contributed by atoms with Crippen LogP contribution in [0.4, 0.5) is 11.4 Å². The first kappa shape index (κ1) is 15.0. The van der Waals surface area contributed by atoms with Gasteiger partial charge in [0.2, 0.25) is 0 Å². The summed E-state index contributed by atoms with van der Waals surface area (Å²) in [6, 6.07) is 5.99. The molecule has 1 fully saturated rings. The highest BCUT2D eigenvalue weighted by Gasteiger charge is 2.31. The second-order valence-corrected chi connectivity index (χ2v) is 6.33. The van der Waals surface area contributed by atoms with Crippen LogP contribution in [0.25, 0.3) is 0 Å². The van der Waals surface area contributed by atoms with Crippen LogP contribution in [0.5, 0.6) is 5.75 Å². The molecule has 0 unspecified atom stereocenters. The molecule has 1 saturated carbocycles. The first-order valence-electron chi connectivity index (χ1n) is 7.85. The van der Waals surface area contributed by atoms with Gasteiger partial charge in [-0.2, -0.15) is 0 Å². The maximum Gasteiger partial charge on any atom is 0.144 e. The Balaban J connectivity index is 2.02. The fourth-order valence-electron chi connectivity index (χ4n) is 3.07. The maximum atomic E-state index is 5.96. The van der Waals surface area contributed by atoms with Gasteiger partial charge in [0.15, 0.2) is 0 Å². The van der Waals surface area contributed by atoms with E-state index in [-0.39, 0.29) is 6.10 Å². The molecule has 1 aliphatic rings. The number of hydrogen-bond donors (Lipinski definition) is 2. The number of nitrogens with one attached hydrogen (secondary N) is 1. The van der Waals surface area contributed by atoms with Gasteiger partial charge < -0.3 is 15.8 Å². The fraction of sp³-hybridized carbons (Fsp3) is 0.647. The van der Waals surface area contributed by atoms with Crippen LogP contribution in [-0.4, -0.2) is 12.6 Å². The molecule has 0 saturated heterocycles. The standard InChI is InChI=1S/C17H28N2O/c1-4-17(9-5-6-10-17)12-19-14-7-8-15(18)16(11-14)20-13(2)3/h7-8,11,13,19H,4-6,9-10,12,18H2,1-3H3. The van der Waals surface area contributed by atoms with Crippen molar-refractivity contribution in [3.05, 3.63) is 18.2 Å². The molecule has 0 atom stereocenters. The van der Waals surface area contributed by atoms with Gasteiger partial charge in [0.05, 0.1) is 11.8 Å². The Labute approximate surface area is 122 Å². The van der Waals surface area contributed by atoms with Gasteiger partial charge in [0, 0.05) is 18.3 Å². The average molecular weight is 276 g/mol. The van der Waals surface area contributed by atoms with E-state index < -0.39 is 0 Å². The van der Waals surface area contributed by atoms with Gasteiger partial charge in [-0.05, 0) is 50.7 Å². The number of nitrogen functional groups attached to an aromatic ring is 1. The first-order chi connectivity index (χ1) is 9.54. The van der Waals surface area contributed by atoms with E-state index in [1.807, 2.05) is 32.0 Å². The van der Waals surface area contributed by atoms with Crippen LogP contribution in [0.2, 0.25) is 0 Å². The minimum absolute atomic E-state index is 0.143. The molecule has 1 aliphatic carbocycles. The lowest BCUT2D eigenvalue weighted by Crippen LogP contribution is -2.25. The summed E-state index contributed by atoms with van der Waals surface area (Å²) in [6.45, 7) is 7.39. The predicted molar refractivity (Wildman–Crippen MR) is 86.3 cm³/mol. The van der Waals surface area contributed by atoms with E-state index in [9.17, 15) is 0 Å². The molecule has 0 spiro atoms. The summed E-state index contributed by atoms with van der Waals surface area (Å²) >= 11 is 0. The van der Waals surface area contributed by atoms with Crippen molar-refractivity contribution in [1.29, 1.82) is 0 Å². The lowest BCUT2D eigenvalue weighted by atomic mass is 9.83. The van der Waals surface area contributed by atoms with Crippen molar-refractivity contribution in [3.63, 3.8) is 0 Å². The van der Waals surface area contributed by atoms with Gasteiger partial charge in [-0.25, -0.2) is 0 Å². The molecule has 0 amide bonds. The van der Waals surface area contributed by atoms with Crippen LogP contribution < -0.4 is 15.8 Å². The number of hydrogen-bond acceptors (Lipinski definition) is 3. The molecule has 0 bridgehead atoms. The van der Waals surface area contributed by atoms with Crippen LogP contribution >= 0.6 is 0 Å². The molecule has 1 aromatic rings. The van der Waals surface area contributed by atoms with E-state index in [1.165, 1.54) is 32.1 Å². The Morgan fingerprint density at radius 1 is 1.30 bits per heavy atom. The third kappa shape index (κ3) is 3.59. The van der Waals surface area contributed by atoms with E-state index in [2.05, 4.69) is 12.2 Å². The van der Waals surface area contributed by atoms with E-state index >= 15 is 0 Å². The van der Waals surface area contributed by atoms with Crippen LogP contribution in [0.1, 0.15) is 52.9 Å². The largest absolute Gasteiger partial charge is 0.489 e. The van der Waals surface area contributed by atoms with Crippen molar-refractivity contribution in [2.45, 2.75) is 59.0 Å². The topological polar surface area (TPSA) is 47.3 Å². The van der Waals surface area contributed by atoms with Gasteiger partial charge >= 0.3 is 0 Å². The zero-order chi connectivity index (χ0) is 14.6. The zero-order valence-corrected chi connectivity index (χ0v) is 13.0. The highest BCUT2D eigenvalue weighted by molar-refractivity contribution is 5.61. The van der Waals surface area contributed by atoms with E-state index in [0.29, 0.717) is 11.1 Å². The van der Waals surface area contributed by atoms with Crippen LogP contribution in [-0.2, 0) is 0 Å². The molecule has 3 heteroatoms. The minimum Gasteiger partial charge on any atom is -0.489 e. The number of rotatable bonds is 6. The SMILES string of the molecule is CCC1(CNc2ccc(N)c(OC(C)C)c2)CCCC1. The Bertz CT molecular complexity index is 437. The van der Waals surface area contributed by atoms with Gasteiger partial charge in [0.1, 0.15) is 5.75 Å². The van der Waals surface area contributed by atoms with Gasteiger partial charge in [-0.3, -0.25) is 0 Å². The van der Waals surface area contributed by atoms with Crippen molar-refractivity contribution in [2.75, 3.05) is 17.6 Å². The average Bonchev–Trinajstić information content (AvgIpc) is 2.89. The first-order valence-corrected chi connectivity index (χ1v) is 7.85. The molecule has 2 rings (SSSR count). The number of anilines is 2. The second-order valence-electron chi connectivity index (χ2n) is 6.33. The molecule has 0 heterocycles. The van der Waals surface area contributed by atoms with Crippen molar-refractivity contribution in [3.8, 4) is 5.75 Å². The molecule has 0 aliphatic heterocycles. The smallest absolute Gasteiger partial charge is 0.144 e. The van der Waals surface area contributed by atoms with Gasteiger partial charge in [0.25, 0.3) is 0 Å². The van der Waals surface area contributed by atoms with Gasteiger partial charge in [-0.1, -0.05) is 19.8 Å². The Hall–Kier alpha value is -1.38. The Morgan fingerprint density at radius 2 is 2.00 bits per heavy atom. The third-order valence-corrected chi connectivity index (χ3v) is 4.46. The van der Waals surface area contributed by atoms with Crippen LogP contribution in [0, 0.1) is 5.41 Å². The Morgan fingerprint density at radius 3 is 2.60 bits per heavy atom. The third-order valence-electron chi connectivity index (χ3n) is 4.46. The fourth-order valence-corrected chi connectivity index (χ4v) is 3.07. The molecule has 0 aromatic heterocycles. The summed E-state index contributed by atoms with van der Waals surface area (Å²) in [5, 5.41) is 3.58. The van der Waals surface area contributed by atoms with Crippen LogP contribution in [0.15, 0.2) is 18.2 Å². The lowest BCUT2D eigenvalue weighted by Gasteiger charge is -2.28. The summed E-state index contributed by atoms with van der Waals surface area (Å²) in [5.41, 5.74) is 8.25. The van der Waals surface area contributed by atoms with Crippen molar-refractivity contribution in [1.82, 2.24) is 0 Å². The predicted octanol–water partition coefficient (Wildman–Crippen LogP) is 4.44. The molecule has 3 N–H and O–H groups in total. The highest BCUT2D eigenvalue weighted by atomic mass is 16.5. The van der Waals surface area contributed by atoms with E-state index in [1.54, 1.807) is 0 Å². The summed E-state index contributed by atoms with van der Waals surface area (Å²) in [7, 11) is 0. The zero-order valence-electron chi connectivity index (χ0n) is 13.0. The molecular weight excluding hydrogens is 248 g/mol. The number of ether oxygens (including phenoxy) is 1. The van der Waals surface area contributed by atoms with Crippen LogP contribution in [0.3, 0.4) is 0 Å². The van der Waals surface area contributed by atoms with Gasteiger partial charge in [-0.15, -0.1) is 0 Å². The molecule has 0 radical (unpaired) electrons. The van der Waals surface area contributed by atoms with Crippen molar-refractivity contribution < 1.29 is 4.74 Å². The summed E-state index contributed by atoms with van der Waals surface area (Å²) in [4.78, 5) is 0. The summed E-state index contributed by atoms with van der Waals surface area (Å²) in [6.07, 6.45) is 6.84. The van der Waals surface area contributed by atoms with E-state index in [4.69, 9.17) is 10.5 Å². The minimum atomic E-state index is 0.143. The van der Waals surface area contributed by atoms with Crippen molar-refractivity contribution >= 4 is 11.4 Å². The number of nitrogens with two attached hydrogens (primary N) is 1. The quantitative estimate of drug-likeness (QED) is 0.755.